The molecule has 0 bridgehead atoms. The fourth-order valence-electron chi connectivity index (χ4n) is 3.16. The Morgan fingerprint density at radius 1 is 0.926 bits per heavy atom. The van der Waals surface area contributed by atoms with Crippen LogP contribution >= 0.6 is 0 Å². The Morgan fingerprint density at radius 3 is 2.37 bits per heavy atom. The van der Waals surface area contributed by atoms with E-state index in [-0.39, 0.29) is 6.04 Å². The van der Waals surface area contributed by atoms with Gasteiger partial charge in [0.2, 0.25) is 5.95 Å². The average Bonchev–Trinajstić information content (AvgIpc) is 3.21. The van der Waals surface area contributed by atoms with Gasteiger partial charge in [0.15, 0.2) is 0 Å². The molecule has 0 saturated heterocycles. The lowest BCUT2D eigenvalue weighted by atomic mass is 10.0. The first-order valence-corrected chi connectivity index (χ1v) is 8.48. The standard InChI is InChI=1S/C20H20N4O3/c1-25-14-6-4-13(5-7-14)17-11-18(24-20(23-17)21-12-22-24)16-9-8-15(26-2)10-19(16)27-3/h4-12,18H,1-3H3,(H,21,22,23)/t18-/m0/s1. The van der Waals surface area contributed by atoms with Crippen molar-refractivity contribution in [3.8, 4) is 17.2 Å². The van der Waals surface area contributed by atoms with E-state index in [1.165, 1.54) is 6.33 Å². The Morgan fingerprint density at radius 2 is 1.67 bits per heavy atom. The van der Waals surface area contributed by atoms with E-state index >= 15 is 0 Å². The van der Waals surface area contributed by atoms with E-state index in [1.807, 2.05) is 47.1 Å². The number of aromatic nitrogens is 3. The van der Waals surface area contributed by atoms with Crippen molar-refractivity contribution in [2.45, 2.75) is 6.04 Å². The second-order valence-electron chi connectivity index (χ2n) is 6.01. The molecule has 2 aromatic carbocycles. The van der Waals surface area contributed by atoms with Crippen LogP contribution in [0.1, 0.15) is 17.2 Å². The van der Waals surface area contributed by atoms with Crippen molar-refractivity contribution in [2.75, 3.05) is 26.6 Å². The number of fused-ring (bicyclic) bond motifs is 1. The minimum atomic E-state index is -0.165. The molecule has 0 unspecified atom stereocenters. The molecule has 1 atom stereocenters. The highest BCUT2D eigenvalue weighted by atomic mass is 16.5. The highest BCUT2D eigenvalue weighted by molar-refractivity contribution is 5.77. The molecule has 1 N–H and O–H groups in total. The minimum Gasteiger partial charge on any atom is -0.497 e. The fraction of sp³-hybridized carbons (Fsp3) is 0.200. The number of nitrogens with zero attached hydrogens (tertiary/aromatic N) is 3. The predicted molar refractivity (Wildman–Crippen MR) is 102 cm³/mol. The number of anilines is 1. The zero-order valence-electron chi connectivity index (χ0n) is 15.3. The summed E-state index contributed by atoms with van der Waals surface area (Å²) in [7, 11) is 4.94. The van der Waals surface area contributed by atoms with Crippen LogP contribution in [-0.4, -0.2) is 36.1 Å². The van der Waals surface area contributed by atoms with Crippen LogP contribution in [0.15, 0.2) is 54.9 Å². The lowest BCUT2D eigenvalue weighted by Crippen LogP contribution is -2.20. The lowest BCUT2D eigenvalue weighted by molar-refractivity contribution is 0.387. The number of benzene rings is 2. The molecule has 138 valence electrons. The average molecular weight is 364 g/mol. The Labute approximate surface area is 157 Å². The van der Waals surface area contributed by atoms with Gasteiger partial charge in [0.25, 0.3) is 0 Å². The summed E-state index contributed by atoms with van der Waals surface area (Å²) < 4.78 is 18.0. The van der Waals surface area contributed by atoms with Crippen LogP contribution < -0.4 is 19.5 Å². The molecule has 0 spiro atoms. The third-order valence-corrected chi connectivity index (χ3v) is 4.57. The summed E-state index contributed by atoms with van der Waals surface area (Å²) in [5.74, 6) is 2.95. The lowest BCUT2D eigenvalue weighted by Gasteiger charge is -2.25. The first-order chi connectivity index (χ1) is 13.2. The third kappa shape index (κ3) is 3.08. The van der Waals surface area contributed by atoms with E-state index in [2.05, 4.69) is 21.5 Å². The summed E-state index contributed by atoms with van der Waals surface area (Å²) in [6.07, 6.45) is 3.64. The van der Waals surface area contributed by atoms with E-state index in [4.69, 9.17) is 14.2 Å². The molecule has 0 amide bonds. The topological polar surface area (TPSA) is 70.4 Å². The zero-order valence-corrected chi connectivity index (χ0v) is 15.3. The first-order valence-electron chi connectivity index (χ1n) is 8.48. The quantitative estimate of drug-likeness (QED) is 0.749. The van der Waals surface area contributed by atoms with Crippen molar-refractivity contribution in [3.05, 3.63) is 66.0 Å². The minimum absolute atomic E-state index is 0.165. The zero-order chi connectivity index (χ0) is 18.8. The summed E-state index contributed by atoms with van der Waals surface area (Å²) in [5.41, 5.74) is 2.95. The van der Waals surface area contributed by atoms with E-state index in [0.717, 1.165) is 34.1 Å². The molecule has 1 aliphatic heterocycles. The molecule has 3 aromatic rings. The van der Waals surface area contributed by atoms with Gasteiger partial charge in [-0.1, -0.05) is 0 Å². The number of ether oxygens (including phenoxy) is 3. The monoisotopic (exact) mass is 364 g/mol. The van der Waals surface area contributed by atoms with Crippen molar-refractivity contribution in [1.82, 2.24) is 14.8 Å². The Hall–Kier alpha value is -3.48. The highest BCUT2D eigenvalue weighted by Gasteiger charge is 2.26. The van der Waals surface area contributed by atoms with E-state index in [0.29, 0.717) is 5.95 Å². The highest BCUT2D eigenvalue weighted by Crippen LogP contribution is 2.37. The SMILES string of the molecule is COc1ccc(C2=C[C@@H](c3ccc(OC)cc3OC)n3ncnc3N2)cc1. The predicted octanol–water partition coefficient (Wildman–Crippen LogP) is 3.36. The maximum atomic E-state index is 5.60. The summed E-state index contributed by atoms with van der Waals surface area (Å²) in [5, 5.41) is 7.71. The second-order valence-corrected chi connectivity index (χ2v) is 6.01. The summed E-state index contributed by atoms with van der Waals surface area (Å²) in [6.45, 7) is 0. The number of rotatable bonds is 5. The van der Waals surface area contributed by atoms with Gasteiger partial charge in [-0.3, -0.25) is 0 Å². The number of allylic oxidation sites excluding steroid dienone is 1. The van der Waals surface area contributed by atoms with Gasteiger partial charge in [0.1, 0.15) is 29.6 Å². The molecular weight excluding hydrogens is 344 g/mol. The summed E-state index contributed by atoms with van der Waals surface area (Å²) in [6, 6.07) is 13.5. The van der Waals surface area contributed by atoms with Crippen LogP contribution in [-0.2, 0) is 0 Å². The molecule has 0 radical (unpaired) electrons. The van der Waals surface area contributed by atoms with Gasteiger partial charge in [0, 0.05) is 17.3 Å². The van der Waals surface area contributed by atoms with Crippen molar-refractivity contribution in [3.63, 3.8) is 0 Å². The van der Waals surface area contributed by atoms with Gasteiger partial charge in [-0.25, -0.2) is 4.68 Å². The molecule has 1 aromatic heterocycles. The van der Waals surface area contributed by atoms with Gasteiger partial charge in [-0.05, 0) is 48.0 Å². The summed E-state index contributed by atoms with van der Waals surface area (Å²) >= 11 is 0. The Balaban J connectivity index is 1.80. The molecule has 4 rings (SSSR count). The normalized spacial score (nSPS) is 15.4. The molecule has 2 heterocycles. The molecule has 0 saturated carbocycles. The van der Waals surface area contributed by atoms with Crippen LogP contribution in [0, 0.1) is 0 Å². The number of hydrogen-bond donors (Lipinski definition) is 1. The van der Waals surface area contributed by atoms with Crippen molar-refractivity contribution < 1.29 is 14.2 Å². The maximum absolute atomic E-state index is 5.60. The largest absolute Gasteiger partial charge is 0.497 e. The van der Waals surface area contributed by atoms with E-state index in [1.54, 1.807) is 21.3 Å². The van der Waals surface area contributed by atoms with Crippen LogP contribution in [0.3, 0.4) is 0 Å². The first kappa shape index (κ1) is 17.0. The fourth-order valence-corrected chi connectivity index (χ4v) is 3.16. The molecule has 1 aliphatic rings. The second kappa shape index (κ2) is 7.03. The van der Waals surface area contributed by atoms with Gasteiger partial charge >= 0.3 is 0 Å². The number of methoxy groups -OCH3 is 3. The van der Waals surface area contributed by atoms with E-state index < -0.39 is 0 Å². The molecule has 0 aliphatic carbocycles. The molecule has 7 nitrogen and oxygen atoms in total. The van der Waals surface area contributed by atoms with Crippen molar-refractivity contribution in [1.29, 1.82) is 0 Å². The third-order valence-electron chi connectivity index (χ3n) is 4.57. The Bertz CT molecular complexity index is 979. The van der Waals surface area contributed by atoms with Crippen molar-refractivity contribution in [2.24, 2.45) is 0 Å². The molecule has 7 heteroatoms. The molecular formula is C20H20N4O3. The Kier molecular flexibility index (Phi) is 4.42. The van der Waals surface area contributed by atoms with Crippen molar-refractivity contribution >= 4 is 11.6 Å². The van der Waals surface area contributed by atoms with Crippen LogP contribution in [0.2, 0.25) is 0 Å². The van der Waals surface area contributed by atoms with Gasteiger partial charge in [0.05, 0.1) is 21.3 Å². The molecule has 0 fully saturated rings. The van der Waals surface area contributed by atoms with E-state index in [9.17, 15) is 0 Å². The van der Waals surface area contributed by atoms with Gasteiger partial charge < -0.3 is 19.5 Å². The molecule has 27 heavy (non-hydrogen) atoms. The van der Waals surface area contributed by atoms with Crippen LogP contribution in [0.5, 0.6) is 17.2 Å². The van der Waals surface area contributed by atoms with Gasteiger partial charge in [-0.2, -0.15) is 10.1 Å². The van der Waals surface area contributed by atoms with Crippen LogP contribution in [0.4, 0.5) is 5.95 Å². The summed E-state index contributed by atoms with van der Waals surface area (Å²) in [4.78, 5) is 4.34. The maximum Gasteiger partial charge on any atom is 0.226 e. The number of hydrogen-bond acceptors (Lipinski definition) is 6. The van der Waals surface area contributed by atoms with Gasteiger partial charge in [-0.15, -0.1) is 0 Å². The number of nitrogens with one attached hydrogen (secondary N) is 1. The smallest absolute Gasteiger partial charge is 0.226 e. The van der Waals surface area contributed by atoms with Crippen LogP contribution in [0.25, 0.3) is 5.70 Å².